The predicted molar refractivity (Wildman–Crippen MR) is 72.8 cm³/mol. The third-order valence-electron chi connectivity index (χ3n) is 3.62. The molecule has 1 fully saturated rings. The van der Waals surface area contributed by atoms with Gasteiger partial charge in [-0.1, -0.05) is 6.07 Å². The van der Waals surface area contributed by atoms with Crippen LogP contribution >= 0.6 is 0 Å². The van der Waals surface area contributed by atoms with Crippen LogP contribution in [0, 0.1) is 0 Å². The Balaban J connectivity index is 1.88. The van der Waals surface area contributed by atoms with Gasteiger partial charge in [-0.3, -0.25) is 19.6 Å². The van der Waals surface area contributed by atoms with Crippen LogP contribution in [0.25, 0.3) is 0 Å². The molecule has 0 amide bonds. The number of hydrogen-bond acceptors (Lipinski definition) is 4. The molecule has 0 saturated carbocycles. The van der Waals surface area contributed by atoms with Crippen molar-refractivity contribution in [3.8, 4) is 0 Å². The van der Waals surface area contributed by atoms with Crippen LogP contribution in [0.5, 0.6) is 0 Å². The zero-order valence-corrected chi connectivity index (χ0v) is 11.3. The summed E-state index contributed by atoms with van der Waals surface area (Å²) < 4.78 is 0. The van der Waals surface area contributed by atoms with Gasteiger partial charge in [0.1, 0.15) is 0 Å². The van der Waals surface area contributed by atoms with Crippen LogP contribution in [-0.4, -0.2) is 58.6 Å². The summed E-state index contributed by atoms with van der Waals surface area (Å²) in [6.45, 7) is 3.02. The van der Waals surface area contributed by atoms with Crippen molar-refractivity contribution in [1.29, 1.82) is 0 Å². The molecule has 1 aromatic rings. The molecule has 1 unspecified atom stereocenters. The Morgan fingerprint density at radius 3 is 3.16 bits per heavy atom. The lowest BCUT2D eigenvalue weighted by molar-refractivity contribution is -0.138. The van der Waals surface area contributed by atoms with Crippen molar-refractivity contribution in [3.63, 3.8) is 0 Å². The van der Waals surface area contributed by atoms with E-state index in [1.54, 1.807) is 6.20 Å². The van der Waals surface area contributed by atoms with Crippen LogP contribution in [0.1, 0.15) is 18.4 Å². The maximum atomic E-state index is 10.8. The third kappa shape index (κ3) is 4.29. The Hall–Kier alpha value is -1.46. The summed E-state index contributed by atoms with van der Waals surface area (Å²) in [6.07, 6.45) is 5.87. The fourth-order valence-corrected chi connectivity index (χ4v) is 2.63. The van der Waals surface area contributed by atoms with Crippen molar-refractivity contribution in [3.05, 3.63) is 30.1 Å². The van der Waals surface area contributed by atoms with E-state index in [1.807, 2.05) is 24.2 Å². The summed E-state index contributed by atoms with van der Waals surface area (Å²) in [4.78, 5) is 19.2. The second kappa shape index (κ2) is 6.63. The fourth-order valence-electron chi connectivity index (χ4n) is 2.63. The highest BCUT2D eigenvalue weighted by molar-refractivity contribution is 5.69. The Kier molecular flexibility index (Phi) is 4.87. The standard InChI is InChI=1S/C14H21N3O2/c1-16(11-14(18)19)13-5-3-7-17(10-13)9-12-4-2-6-15-8-12/h2,4,6,8,13H,3,5,7,9-11H2,1H3,(H,18,19). The van der Waals surface area contributed by atoms with Crippen LogP contribution < -0.4 is 0 Å². The second-order valence-corrected chi connectivity index (χ2v) is 5.20. The molecule has 0 aromatic carbocycles. The summed E-state index contributed by atoms with van der Waals surface area (Å²) in [6, 6.07) is 4.37. The summed E-state index contributed by atoms with van der Waals surface area (Å²) in [5.41, 5.74) is 1.21. The van der Waals surface area contributed by atoms with E-state index in [0.717, 1.165) is 32.5 Å². The number of aliphatic carboxylic acids is 1. The summed E-state index contributed by atoms with van der Waals surface area (Å²) in [5.74, 6) is -0.758. The minimum atomic E-state index is -0.758. The highest BCUT2D eigenvalue weighted by Crippen LogP contribution is 2.16. The first-order valence-electron chi connectivity index (χ1n) is 6.68. The van der Waals surface area contributed by atoms with Crippen LogP contribution in [-0.2, 0) is 11.3 Å². The average Bonchev–Trinajstić information content (AvgIpc) is 2.39. The molecular weight excluding hydrogens is 242 g/mol. The van der Waals surface area contributed by atoms with Crippen molar-refractivity contribution in [2.24, 2.45) is 0 Å². The van der Waals surface area contributed by atoms with Crippen molar-refractivity contribution in [2.75, 3.05) is 26.7 Å². The van der Waals surface area contributed by atoms with Crippen LogP contribution in [0.3, 0.4) is 0 Å². The lowest BCUT2D eigenvalue weighted by Crippen LogP contribution is -2.47. The quantitative estimate of drug-likeness (QED) is 0.861. The molecule has 0 spiro atoms. The summed E-state index contributed by atoms with van der Waals surface area (Å²) in [5, 5.41) is 8.85. The van der Waals surface area contributed by atoms with Crippen LogP contribution in [0.4, 0.5) is 0 Å². The molecule has 1 N–H and O–H groups in total. The molecule has 1 aliphatic heterocycles. The van der Waals surface area contributed by atoms with Crippen LogP contribution in [0.2, 0.25) is 0 Å². The molecule has 0 aliphatic carbocycles. The number of carboxylic acid groups (broad SMARTS) is 1. The van der Waals surface area contributed by atoms with E-state index in [-0.39, 0.29) is 6.54 Å². The van der Waals surface area contributed by atoms with Crippen molar-refractivity contribution in [1.82, 2.24) is 14.8 Å². The molecule has 1 atom stereocenters. The molecule has 2 heterocycles. The highest BCUT2D eigenvalue weighted by Gasteiger charge is 2.24. The molecule has 0 bridgehead atoms. The van der Waals surface area contributed by atoms with E-state index in [0.29, 0.717) is 6.04 Å². The SMILES string of the molecule is CN(CC(=O)O)C1CCCN(Cc2cccnc2)C1. The van der Waals surface area contributed by atoms with Gasteiger partial charge in [-0.15, -0.1) is 0 Å². The number of piperidine rings is 1. The van der Waals surface area contributed by atoms with Gasteiger partial charge >= 0.3 is 5.97 Å². The molecule has 1 aromatic heterocycles. The topological polar surface area (TPSA) is 56.7 Å². The maximum absolute atomic E-state index is 10.8. The maximum Gasteiger partial charge on any atom is 0.317 e. The molecule has 1 saturated heterocycles. The van der Waals surface area contributed by atoms with Gasteiger partial charge in [0.15, 0.2) is 0 Å². The zero-order valence-electron chi connectivity index (χ0n) is 11.3. The number of likely N-dealkylation sites (N-methyl/N-ethyl adjacent to an activating group) is 1. The molecule has 5 heteroatoms. The van der Waals surface area contributed by atoms with E-state index in [1.165, 1.54) is 5.56 Å². The Labute approximate surface area is 113 Å². The monoisotopic (exact) mass is 263 g/mol. The van der Waals surface area contributed by atoms with Gasteiger partial charge in [0.05, 0.1) is 6.54 Å². The Bertz CT molecular complexity index is 410. The minimum Gasteiger partial charge on any atom is -0.480 e. The largest absolute Gasteiger partial charge is 0.480 e. The number of nitrogens with zero attached hydrogens (tertiary/aromatic N) is 3. The van der Waals surface area contributed by atoms with Gasteiger partial charge in [0.2, 0.25) is 0 Å². The number of carboxylic acids is 1. The Morgan fingerprint density at radius 1 is 1.63 bits per heavy atom. The van der Waals surface area contributed by atoms with Gasteiger partial charge in [-0.05, 0) is 38.1 Å². The second-order valence-electron chi connectivity index (χ2n) is 5.20. The third-order valence-corrected chi connectivity index (χ3v) is 3.62. The van der Waals surface area contributed by atoms with Crippen LogP contribution in [0.15, 0.2) is 24.5 Å². The minimum absolute atomic E-state index is 0.116. The molecule has 5 nitrogen and oxygen atoms in total. The zero-order chi connectivity index (χ0) is 13.7. The van der Waals surface area contributed by atoms with Gasteiger partial charge in [0, 0.05) is 31.5 Å². The molecule has 19 heavy (non-hydrogen) atoms. The molecular formula is C14H21N3O2. The van der Waals surface area contributed by atoms with Crippen molar-refractivity contribution in [2.45, 2.75) is 25.4 Å². The summed E-state index contributed by atoms with van der Waals surface area (Å²) in [7, 11) is 1.90. The van der Waals surface area contributed by atoms with E-state index in [9.17, 15) is 4.79 Å². The summed E-state index contributed by atoms with van der Waals surface area (Å²) >= 11 is 0. The van der Waals surface area contributed by atoms with Gasteiger partial charge < -0.3 is 5.11 Å². The number of likely N-dealkylation sites (tertiary alicyclic amines) is 1. The van der Waals surface area contributed by atoms with Gasteiger partial charge in [-0.25, -0.2) is 0 Å². The lowest BCUT2D eigenvalue weighted by atomic mass is 10.0. The first-order chi connectivity index (χ1) is 9.15. The highest BCUT2D eigenvalue weighted by atomic mass is 16.4. The lowest BCUT2D eigenvalue weighted by Gasteiger charge is -2.37. The van der Waals surface area contributed by atoms with Crippen molar-refractivity contribution >= 4 is 5.97 Å². The molecule has 2 rings (SSSR count). The molecule has 104 valence electrons. The number of carbonyl (C=O) groups is 1. The van der Waals surface area contributed by atoms with E-state index in [4.69, 9.17) is 5.11 Å². The normalized spacial score (nSPS) is 20.6. The number of aromatic nitrogens is 1. The van der Waals surface area contributed by atoms with Gasteiger partial charge in [-0.2, -0.15) is 0 Å². The average molecular weight is 263 g/mol. The first-order valence-corrected chi connectivity index (χ1v) is 6.68. The van der Waals surface area contributed by atoms with E-state index in [2.05, 4.69) is 16.0 Å². The Morgan fingerprint density at radius 2 is 2.47 bits per heavy atom. The molecule has 1 aliphatic rings. The number of rotatable bonds is 5. The first kappa shape index (κ1) is 14.0. The molecule has 0 radical (unpaired) electrons. The van der Waals surface area contributed by atoms with E-state index >= 15 is 0 Å². The number of hydrogen-bond donors (Lipinski definition) is 1. The van der Waals surface area contributed by atoms with E-state index < -0.39 is 5.97 Å². The van der Waals surface area contributed by atoms with Crippen molar-refractivity contribution < 1.29 is 9.90 Å². The smallest absolute Gasteiger partial charge is 0.317 e. The number of pyridine rings is 1. The predicted octanol–water partition coefficient (Wildman–Crippen LogP) is 1.06. The van der Waals surface area contributed by atoms with Gasteiger partial charge in [0.25, 0.3) is 0 Å². The fraction of sp³-hybridized carbons (Fsp3) is 0.571.